The van der Waals surface area contributed by atoms with Gasteiger partial charge in [0.2, 0.25) is 0 Å². The molecule has 4 aromatic rings. The largest absolute Gasteiger partial charge is 0.466 e. The van der Waals surface area contributed by atoms with Gasteiger partial charge in [0.15, 0.2) is 0 Å². The molecular formula is C28H25N3O5. The summed E-state index contributed by atoms with van der Waals surface area (Å²) in [4.78, 5) is 37.5. The molecule has 0 saturated carbocycles. The summed E-state index contributed by atoms with van der Waals surface area (Å²) in [6.45, 7) is 2.11. The Labute approximate surface area is 208 Å². The quantitative estimate of drug-likeness (QED) is 0.311. The number of anilines is 2. The number of nitrogens with one attached hydrogen (secondary N) is 2. The molecule has 182 valence electrons. The van der Waals surface area contributed by atoms with E-state index < -0.39 is 0 Å². The number of amides is 2. The van der Waals surface area contributed by atoms with Crippen LogP contribution in [0, 0.1) is 0 Å². The third-order valence-corrected chi connectivity index (χ3v) is 5.41. The van der Waals surface area contributed by atoms with Gasteiger partial charge in [0.25, 0.3) is 11.8 Å². The Balaban J connectivity index is 1.43. The van der Waals surface area contributed by atoms with Crippen molar-refractivity contribution < 1.29 is 23.6 Å². The molecule has 0 spiro atoms. The number of para-hydroxylation sites is 1. The summed E-state index contributed by atoms with van der Waals surface area (Å²) < 4.78 is 9.82. The van der Waals surface area contributed by atoms with Gasteiger partial charge in [0.05, 0.1) is 17.9 Å². The topological polar surface area (TPSA) is 111 Å². The number of ether oxygens (including phenoxy) is 1. The molecule has 0 bridgehead atoms. The van der Waals surface area contributed by atoms with Gasteiger partial charge in [-0.3, -0.25) is 14.4 Å². The van der Waals surface area contributed by atoms with E-state index in [0.717, 1.165) is 11.1 Å². The molecule has 36 heavy (non-hydrogen) atoms. The normalized spacial score (nSPS) is 10.5. The molecule has 8 nitrogen and oxygen atoms in total. The highest BCUT2D eigenvalue weighted by Crippen LogP contribution is 2.21. The van der Waals surface area contributed by atoms with Gasteiger partial charge < -0.3 is 19.9 Å². The lowest BCUT2D eigenvalue weighted by Gasteiger charge is -2.12. The van der Waals surface area contributed by atoms with Gasteiger partial charge in [-0.25, -0.2) is 0 Å². The van der Waals surface area contributed by atoms with Crippen molar-refractivity contribution in [1.29, 1.82) is 0 Å². The van der Waals surface area contributed by atoms with Crippen LogP contribution < -0.4 is 10.6 Å². The zero-order valence-corrected chi connectivity index (χ0v) is 19.7. The SMILES string of the molecule is CCOC(=O)CCc1cccc(NC(=O)c2ccccc2NC(=O)c2ccc(-c3ccon3)cc2)c1. The highest BCUT2D eigenvalue weighted by molar-refractivity contribution is 6.12. The Morgan fingerprint density at radius 2 is 1.69 bits per heavy atom. The van der Waals surface area contributed by atoms with Crippen molar-refractivity contribution in [2.24, 2.45) is 0 Å². The number of carbonyl (C=O) groups excluding carboxylic acids is 3. The van der Waals surface area contributed by atoms with E-state index in [4.69, 9.17) is 9.26 Å². The van der Waals surface area contributed by atoms with Crippen LogP contribution in [-0.4, -0.2) is 29.5 Å². The summed E-state index contributed by atoms with van der Waals surface area (Å²) >= 11 is 0. The molecule has 4 rings (SSSR count). The molecular weight excluding hydrogens is 458 g/mol. The zero-order valence-electron chi connectivity index (χ0n) is 19.7. The van der Waals surface area contributed by atoms with Crippen molar-refractivity contribution in [2.75, 3.05) is 17.2 Å². The summed E-state index contributed by atoms with van der Waals surface area (Å²) in [5.41, 5.74) is 4.13. The lowest BCUT2D eigenvalue weighted by atomic mass is 10.1. The van der Waals surface area contributed by atoms with Gasteiger partial charge in [-0.2, -0.15) is 0 Å². The molecule has 0 saturated heterocycles. The third-order valence-electron chi connectivity index (χ3n) is 5.41. The smallest absolute Gasteiger partial charge is 0.306 e. The zero-order chi connectivity index (χ0) is 25.3. The molecule has 0 fully saturated rings. The van der Waals surface area contributed by atoms with Crippen LogP contribution in [0.5, 0.6) is 0 Å². The Bertz CT molecular complexity index is 1350. The lowest BCUT2D eigenvalue weighted by Crippen LogP contribution is -2.18. The van der Waals surface area contributed by atoms with Gasteiger partial charge in [-0.05, 0) is 55.3 Å². The van der Waals surface area contributed by atoms with Gasteiger partial charge in [0, 0.05) is 29.3 Å². The summed E-state index contributed by atoms with van der Waals surface area (Å²) in [5.74, 6) is -0.970. The van der Waals surface area contributed by atoms with Gasteiger partial charge in [-0.1, -0.05) is 41.6 Å². The fraction of sp³-hybridized carbons (Fsp3) is 0.143. The van der Waals surface area contributed by atoms with Crippen LogP contribution in [0.2, 0.25) is 0 Å². The van der Waals surface area contributed by atoms with Crippen molar-refractivity contribution >= 4 is 29.2 Å². The lowest BCUT2D eigenvalue weighted by molar-refractivity contribution is -0.143. The van der Waals surface area contributed by atoms with Crippen LogP contribution in [-0.2, 0) is 16.0 Å². The number of nitrogens with zero attached hydrogens (tertiary/aromatic N) is 1. The van der Waals surface area contributed by atoms with E-state index >= 15 is 0 Å². The third kappa shape index (κ3) is 6.24. The molecule has 8 heteroatoms. The Hall–Kier alpha value is -4.72. The Morgan fingerprint density at radius 3 is 2.44 bits per heavy atom. The predicted octanol–water partition coefficient (Wildman–Crippen LogP) is 5.34. The second kappa shape index (κ2) is 11.6. The molecule has 1 aromatic heterocycles. The van der Waals surface area contributed by atoms with E-state index in [9.17, 15) is 14.4 Å². The first-order chi connectivity index (χ1) is 17.5. The number of esters is 1. The summed E-state index contributed by atoms with van der Waals surface area (Å²) in [5, 5.41) is 9.57. The molecule has 3 aromatic carbocycles. The fourth-order valence-electron chi connectivity index (χ4n) is 3.62. The van der Waals surface area contributed by atoms with Gasteiger partial charge >= 0.3 is 5.97 Å². The van der Waals surface area contributed by atoms with Crippen molar-refractivity contribution in [3.8, 4) is 11.3 Å². The number of hydrogen-bond donors (Lipinski definition) is 2. The minimum Gasteiger partial charge on any atom is -0.466 e. The first kappa shape index (κ1) is 24.4. The summed E-state index contributed by atoms with van der Waals surface area (Å²) in [6.07, 6.45) is 2.25. The van der Waals surface area contributed by atoms with Crippen molar-refractivity contribution in [1.82, 2.24) is 5.16 Å². The van der Waals surface area contributed by atoms with E-state index in [1.807, 2.05) is 18.2 Å². The predicted molar refractivity (Wildman–Crippen MR) is 136 cm³/mol. The van der Waals surface area contributed by atoms with Crippen molar-refractivity contribution in [3.05, 3.63) is 102 Å². The minimum atomic E-state index is -0.366. The molecule has 2 N–H and O–H groups in total. The molecule has 0 unspecified atom stereocenters. The summed E-state index contributed by atoms with van der Waals surface area (Å²) in [7, 11) is 0. The average Bonchev–Trinajstić information content (AvgIpc) is 3.43. The number of rotatable bonds is 9. The van der Waals surface area contributed by atoms with E-state index in [-0.39, 0.29) is 24.2 Å². The standard InChI is InChI=1S/C28H25N3O5/c1-2-35-26(32)15-10-19-6-5-7-22(18-19)29-28(34)23-8-3-4-9-25(23)30-27(33)21-13-11-20(12-14-21)24-16-17-36-31-24/h3-9,11-14,16-18H,2,10,15H2,1H3,(H,29,34)(H,30,33). The minimum absolute atomic E-state index is 0.260. The van der Waals surface area contributed by atoms with E-state index in [1.54, 1.807) is 67.6 Å². The molecule has 0 aliphatic rings. The molecule has 0 atom stereocenters. The van der Waals surface area contributed by atoms with Crippen LogP contribution in [0.1, 0.15) is 39.6 Å². The maximum absolute atomic E-state index is 13.0. The van der Waals surface area contributed by atoms with Crippen molar-refractivity contribution in [2.45, 2.75) is 19.8 Å². The first-order valence-electron chi connectivity index (χ1n) is 11.5. The second-order valence-corrected chi connectivity index (χ2v) is 7.92. The van der Waals surface area contributed by atoms with E-state index in [2.05, 4.69) is 15.8 Å². The number of aromatic nitrogens is 1. The maximum Gasteiger partial charge on any atom is 0.306 e. The van der Waals surface area contributed by atoms with Crippen LogP contribution in [0.15, 0.2) is 89.6 Å². The molecule has 1 heterocycles. The molecule has 0 radical (unpaired) electrons. The summed E-state index contributed by atoms with van der Waals surface area (Å²) in [6, 6.07) is 22.7. The maximum atomic E-state index is 13.0. The van der Waals surface area contributed by atoms with Gasteiger partial charge in [0.1, 0.15) is 12.0 Å². The highest BCUT2D eigenvalue weighted by atomic mass is 16.5. The molecule has 0 aliphatic carbocycles. The highest BCUT2D eigenvalue weighted by Gasteiger charge is 2.15. The number of carbonyl (C=O) groups is 3. The van der Waals surface area contributed by atoms with Crippen molar-refractivity contribution in [3.63, 3.8) is 0 Å². The van der Waals surface area contributed by atoms with Crippen LogP contribution in [0.25, 0.3) is 11.3 Å². The van der Waals surface area contributed by atoms with Crippen LogP contribution in [0.3, 0.4) is 0 Å². The van der Waals surface area contributed by atoms with Crippen LogP contribution >= 0.6 is 0 Å². The van der Waals surface area contributed by atoms with E-state index in [0.29, 0.717) is 41.2 Å². The monoisotopic (exact) mass is 483 g/mol. The van der Waals surface area contributed by atoms with Crippen LogP contribution in [0.4, 0.5) is 11.4 Å². The number of aryl methyl sites for hydroxylation is 1. The molecule has 2 amide bonds. The van der Waals surface area contributed by atoms with Gasteiger partial charge in [-0.15, -0.1) is 0 Å². The Kier molecular flexibility index (Phi) is 7.87. The Morgan fingerprint density at radius 1 is 0.889 bits per heavy atom. The number of hydrogen-bond acceptors (Lipinski definition) is 6. The molecule has 0 aliphatic heterocycles. The number of benzene rings is 3. The van der Waals surface area contributed by atoms with E-state index in [1.165, 1.54) is 6.26 Å². The second-order valence-electron chi connectivity index (χ2n) is 7.92. The average molecular weight is 484 g/mol. The fourth-order valence-corrected chi connectivity index (χ4v) is 3.62. The first-order valence-corrected chi connectivity index (χ1v) is 11.5.